The van der Waals surface area contributed by atoms with E-state index in [1.165, 1.54) is 14.2 Å². The normalized spacial score (nSPS) is 14.0. The Labute approximate surface area is 226 Å². The van der Waals surface area contributed by atoms with Gasteiger partial charge in [0.15, 0.2) is 5.75 Å². The van der Waals surface area contributed by atoms with Gasteiger partial charge in [-0.1, -0.05) is 48.5 Å². The van der Waals surface area contributed by atoms with Crippen LogP contribution >= 0.6 is 11.8 Å². The summed E-state index contributed by atoms with van der Waals surface area (Å²) in [7, 11) is 2.70. The molecule has 1 aliphatic heterocycles. The third kappa shape index (κ3) is 6.05. The third-order valence-electron chi connectivity index (χ3n) is 6.64. The topological polar surface area (TPSA) is 97.9 Å². The predicted octanol–water partition coefficient (Wildman–Crippen LogP) is 4.41. The molecule has 1 N–H and O–H groups in total. The van der Waals surface area contributed by atoms with E-state index in [0.717, 1.165) is 35.7 Å². The van der Waals surface area contributed by atoms with Gasteiger partial charge in [-0.25, -0.2) is 4.79 Å². The maximum atomic E-state index is 13.4. The molecule has 4 rings (SSSR count). The molecule has 8 nitrogen and oxygen atoms in total. The van der Waals surface area contributed by atoms with E-state index in [1.807, 2.05) is 59.1 Å². The minimum absolute atomic E-state index is 0.0149. The summed E-state index contributed by atoms with van der Waals surface area (Å²) in [6.45, 7) is 3.15. The van der Waals surface area contributed by atoms with Crippen molar-refractivity contribution in [2.75, 3.05) is 38.8 Å². The molecule has 2 heterocycles. The molecule has 1 saturated heterocycles. The lowest BCUT2D eigenvalue weighted by molar-refractivity contribution is -0.131. The number of carbonyl (C=O) groups is 2. The second-order valence-electron chi connectivity index (χ2n) is 8.94. The van der Waals surface area contributed by atoms with Crippen LogP contribution in [0, 0.1) is 6.92 Å². The summed E-state index contributed by atoms with van der Waals surface area (Å²) in [6, 6.07) is 17.2. The van der Waals surface area contributed by atoms with Crippen LogP contribution in [0.4, 0.5) is 0 Å². The standard InChI is InChI=1S/C29H32N2O6S/c1-19-25(26(35-2)27(36-3)28(33)30-19)29(34)37-23-12-8-7-11-22(23)21(20-9-5-4-6-10-20)13-14-24(32)31-15-17-38-18-16-31/h4-12,21H,13-18H2,1-3H3,(H,30,33). The van der Waals surface area contributed by atoms with E-state index in [1.54, 1.807) is 19.1 Å². The highest BCUT2D eigenvalue weighted by Gasteiger charge is 2.27. The number of hydrogen-bond donors (Lipinski definition) is 1. The Morgan fingerprint density at radius 1 is 0.974 bits per heavy atom. The predicted molar refractivity (Wildman–Crippen MR) is 148 cm³/mol. The molecule has 0 aliphatic carbocycles. The zero-order valence-electron chi connectivity index (χ0n) is 21.8. The summed E-state index contributed by atoms with van der Waals surface area (Å²) in [5.41, 5.74) is 1.70. The molecule has 0 saturated carbocycles. The van der Waals surface area contributed by atoms with Crippen molar-refractivity contribution in [2.24, 2.45) is 0 Å². The monoisotopic (exact) mass is 536 g/mol. The van der Waals surface area contributed by atoms with E-state index in [9.17, 15) is 14.4 Å². The zero-order valence-corrected chi connectivity index (χ0v) is 22.6. The van der Waals surface area contributed by atoms with Crippen LogP contribution in [0.1, 0.15) is 45.9 Å². The van der Waals surface area contributed by atoms with Crippen molar-refractivity contribution >= 4 is 23.6 Å². The van der Waals surface area contributed by atoms with Gasteiger partial charge in [-0.15, -0.1) is 0 Å². The minimum atomic E-state index is -0.685. The summed E-state index contributed by atoms with van der Waals surface area (Å²) >= 11 is 1.87. The van der Waals surface area contributed by atoms with Crippen LogP contribution in [0.25, 0.3) is 0 Å². The zero-order chi connectivity index (χ0) is 27.1. The van der Waals surface area contributed by atoms with Gasteiger partial charge >= 0.3 is 5.97 Å². The molecule has 0 radical (unpaired) electrons. The number of nitrogens with zero attached hydrogens (tertiary/aromatic N) is 1. The number of benzene rings is 2. The number of rotatable bonds is 9. The first-order valence-corrected chi connectivity index (χ1v) is 13.7. The molecule has 38 heavy (non-hydrogen) atoms. The molecular weight excluding hydrogens is 504 g/mol. The Bertz CT molecular complexity index is 1330. The molecule has 9 heteroatoms. The van der Waals surface area contributed by atoms with Crippen LogP contribution in [-0.4, -0.2) is 60.6 Å². The first kappa shape index (κ1) is 27.3. The molecule has 2 aromatic carbocycles. The molecule has 1 aliphatic rings. The number of carbonyl (C=O) groups excluding carboxylic acids is 2. The van der Waals surface area contributed by atoms with Gasteiger partial charge in [0, 0.05) is 48.2 Å². The van der Waals surface area contributed by atoms with Gasteiger partial charge in [-0.3, -0.25) is 9.59 Å². The quantitative estimate of drug-likeness (QED) is 0.320. The summed E-state index contributed by atoms with van der Waals surface area (Å²) < 4.78 is 16.5. The first-order chi connectivity index (χ1) is 18.4. The summed E-state index contributed by atoms with van der Waals surface area (Å²) in [5.74, 6) is 1.50. The van der Waals surface area contributed by atoms with Gasteiger partial charge in [0.05, 0.1) is 14.2 Å². The van der Waals surface area contributed by atoms with E-state index in [-0.39, 0.29) is 28.9 Å². The van der Waals surface area contributed by atoms with Crippen molar-refractivity contribution in [3.05, 3.63) is 87.3 Å². The number of aryl methyl sites for hydroxylation is 1. The number of pyridine rings is 1. The number of ether oxygens (including phenoxy) is 3. The number of esters is 1. The van der Waals surface area contributed by atoms with Crippen molar-refractivity contribution in [1.29, 1.82) is 0 Å². The van der Waals surface area contributed by atoms with E-state index < -0.39 is 11.5 Å². The maximum Gasteiger partial charge on any atom is 0.349 e. The fraction of sp³-hybridized carbons (Fsp3) is 0.345. The number of thioether (sulfide) groups is 1. The van der Waals surface area contributed by atoms with Crippen LogP contribution < -0.4 is 19.8 Å². The molecule has 200 valence electrons. The van der Waals surface area contributed by atoms with Crippen LogP contribution in [0.2, 0.25) is 0 Å². The van der Waals surface area contributed by atoms with E-state index >= 15 is 0 Å². The van der Waals surface area contributed by atoms with Crippen LogP contribution in [0.5, 0.6) is 17.2 Å². The van der Waals surface area contributed by atoms with Crippen LogP contribution in [-0.2, 0) is 4.79 Å². The molecule has 1 fully saturated rings. The van der Waals surface area contributed by atoms with Gasteiger partial charge in [0.2, 0.25) is 11.7 Å². The van der Waals surface area contributed by atoms with E-state index in [4.69, 9.17) is 14.2 Å². The number of para-hydroxylation sites is 1. The fourth-order valence-electron chi connectivity index (χ4n) is 4.74. The smallest absolute Gasteiger partial charge is 0.349 e. The Balaban J connectivity index is 1.66. The average Bonchev–Trinajstić information content (AvgIpc) is 2.94. The lowest BCUT2D eigenvalue weighted by Crippen LogP contribution is -2.37. The highest BCUT2D eigenvalue weighted by atomic mass is 32.2. The Morgan fingerprint density at radius 2 is 1.63 bits per heavy atom. The van der Waals surface area contributed by atoms with Crippen LogP contribution in [0.3, 0.4) is 0 Å². The van der Waals surface area contributed by atoms with E-state index in [0.29, 0.717) is 24.3 Å². The number of hydrogen-bond acceptors (Lipinski definition) is 7. The lowest BCUT2D eigenvalue weighted by atomic mass is 9.86. The molecule has 1 aromatic heterocycles. The molecule has 1 atom stereocenters. The van der Waals surface area contributed by atoms with Gasteiger partial charge in [-0.2, -0.15) is 11.8 Å². The first-order valence-electron chi connectivity index (χ1n) is 12.5. The molecular formula is C29H32N2O6S. The van der Waals surface area contributed by atoms with Gasteiger partial charge in [0.25, 0.3) is 5.56 Å². The Hall–Kier alpha value is -3.72. The number of methoxy groups -OCH3 is 2. The highest BCUT2D eigenvalue weighted by Crippen LogP contribution is 2.37. The minimum Gasteiger partial charge on any atom is -0.492 e. The molecule has 1 amide bonds. The lowest BCUT2D eigenvalue weighted by Gasteiger charge is -2.27. The average molecular weight is 537 g/mol. The van der Waals surface area contributed by atoms with Gasteiger partial charge in [-0.05, 0) is 25.0 Å². The Kier molecular flexibility index (Phi) is 9.12. The molecule has 1 unspecified atom stereocenters. The van der Waals surface area contributed by atoms with Crippen molar-refractivity contribution in [2.45, 2.75) is 25.7 Å². The number of H-pyrrole nitrogens is 1. The fourth-order valence-corrected chi connectivity index (χ4v) is 5.64. The highest BCUT2D eigenvalue weighted by molar-refractivity contribution is 7.99. The van der Waals surface area contributed by atoms with Crippen molar-refractivity contribution in [1.82, 2.24) is 9.88 Å². The Morgan fingerprint density at radius 3 is 2.32 bits per heavy atom. The maximum absolute atomic E-state index is 13.4. The third-order valence-corrected chi connectivity index (χ3v) is 7.58. The molecule has 3 aromatic rings. The summed E-state index contributed by atoms with van der Waals surface area (Å²) in [4.78, 5) is 43.3. The molecule has 0 spiro atoms. The van der Waals surface area contributed by atoms with Crippen LogP contribution in [0.15, 0.2) is 59.4 Å². The second kappa shape index (κ2) is 12.7. The van der Waals surface area contributed by atoms with Gasteiger partial charge < -0.3 is 24.1 Å². The SMILES string of the molecule is COc1c(C(=O)Oc2ccccc2C(CCC(=O)N2CCSCC2)c2ccccc2)c(C)[nH]c(=O)c1OC. The summed E-state index contributed by atoms with van der Waals surface area (Å²) in [5, 5.41) is 0. The largest absolute Gasteiger partial charge is 0.492 e. The number of nitrogens with one attached hydrogen (secondary N) is 1. The van der Waals surface area contributed by atoms with Crippen molar-refractivity contribution in [3.63, 3.8) is 0 Å². The number of aromatic nitrogens is 1. The van der Waals surface area contributed by atoms with Gasteiger partial charge in [0.1, 0.15) is 11.3 Å². The van der Waals surface area contributed by atoms with Crippen molar-refractivity contribution in [3.8, 4) is 17.2 Å². The summed E-state index contributed by atoms with van der Waals surface area (Å²) in [6.07, 6.45) is 0.951. The number of amides is 1. The van der Waals surface area contributed by atoms with Crippen molar-refractivity contribution < 1.29 is 23.8 Å². The van der Waals surface area contributed by atoms with E-state index in [2.05, 4.69) is 4.98 Å². The molecule has 0 bridgehead atoms. The second-order valence-corrected chi connectivity index (χ2v) is 10.2. The number of aromatic amines is 1.